The van der Waals surface area contributed by atoms with Gasteiger partial charge in [-0.05, 0) is 24.3 Å². The molecular weight excluding hydrogens is 305 g/mol. The van der Waals surface area contributed by atoms with Crippen molar-refractivity contribution < 1.29 is 26.5 Å². The lowest BCUT2D eigenvalue weighted by molar-refractivity contribution is -0.886. The molecule has 2 N–H and O–H groups in total. The SMILES string of the molecule is O=S(=O)(NCC[NH+]1CCCC1)c1ccc(C(F)(F)F)cc1. The Morgan fingerprint density at radius 3 is 2.19 bits per heavy atom. The van der Waals surface area contributed by atoms with E-state index in [9.17, 15) is 21.6 Å². The number of benzene rings is 1. The Morgan fingerprint density at radius 1 is 1.10 bits per heavy atom. The van der Waals surface area contributed by atoms with Crippen LogP contribution in [-0.2, 0) is 16.2 Å². The molecule has 0 bridgehead atoms. The summed E-state index contributed by atoms with van der Waals surface area (Å²) in [7, 11) is -3.74. The molecule has 1 fully saturated rings. The molecule has 0 amide bonds. The van der Waals surface area contributed by atoms with Crippen LogP contribution in [-0.4, -0.2) is 34.6 Å². The number of alkyl halides is 3. The Kier molecular flexibility index (Phi) is 4.90. The van der Waals surface area contributed by atoms with Crippen LogP contribution in [0.25, 0.3) is 0 Å². The van der Waals surface area contributed by atoms with E-state index in [2.05, 4.69) is 4.72 Å². The van der Waals surface area contributed by atoms with Gasteiger partial charge in [0.15, 0.2) is 0 Å². The predicted molar refractivity (Wildman–Crippen MR) is 71.4 cm³/mol. The van der Waals surface area contributed by atoms with Crippen LogP contribution in [0.3, 0.4) is 0 Å². The Bertz CT molecular complexity index is 564. The molecule has 0 saturated carbocycles. The summed E-state index contributed by atoms with van der Waals surface area (Å²) < 4.78 is 63.6. The molecule has 0 atom stereocenters. The average molecular weight is 323 g/mol. The number of nitrogens with one attached hydrogen (secondary N) is 2. The van der Waals surface area contributed by atoms with E-state index in [0.717, 1.165) is 50.2 Å². The highest BCUT2D eigenvalue weighted by Crippen LogP contribution is 2.29. The highest BCUT2D eigenvalue weighted by atomic mass is 32.2. The van der Waals surface area contributed by atoms with Crippen LogP contribution in [0.2, 0.25) is 0 Å². The Morgan fingerprint density at radius 2 is 1.67 bits per heavy atom. The van der Waals surface area contributed by atoms with Crippen LogP contribution in [0, 0.1) is 0 Å². The number of likely N-dealkylation sites (tertiary alicyclic amines) is 1. The second-order valence-electron chi connectivity index (χ2n) is 5.13. The molecule has 4 nitrogen and oxygen atoms in total. The predicted octanol–water partition coefficient (Wildman–Crippen LogP) is 0.662. The first-order valence-corrected chi connectivity index (χ1v) is 8.28. The molecule has 1 aliphatic heterocycles. The van der Waals surface area contributed by atoms with Crippen LogP contribution in [0.4, 0.5) is 13.2 Å². The highest BCUT2D eigenvalue weighted by molar-refractivity contribution is 7.89. The maximum absolute atomic E-state index is 12.4. The minimum atomic E-state index is -4.46. The number of halogens is 3. The monoisotopic (exact) mass is 323 g/mol. The third-order valence-electron chi connectivity index (χ3n) is 3.57. The summed E-state index contributed by atoms with van der Waals surface area (Å²) >= 11 is 0. The first-order chi connectivity index (χ1) is 9.79. The van der Waals surface area contributed by atoms with Gasteiger partial charge in [0.25, 0.3) is 0 Å². The fourth-order valence-corrected chi connectivity index (χ4v) is 3.43. The van der Waals surface area contributed by atoms with Gasteiger partial charge in [0.05, 0.1) is 36.6 Å². The van der Waals surface area contributed by atoms with Crippen molar-refractivity contribution in [3.05, 3.63) is 29.8 Å². The van der Waals surface area contributed by atoms with Crippen molar-refractivity contribution in [2.45, 2.75) is 23.9 Å². The second-order valence-corrected chi connectivity index (χ2v) is 6.89. The minimum absolute atomic E-state index is 0.146. The van der Waals surface area contributed by atoms with Crippen LogP contribution in [0.1, 0.15) is 18.4 Å². The third-order valence-corrected chi connectivity index (χ3v) is 5.05. The smallest absolute Gasteiger partial charge is 0.334 e. The molecule has 0 aliphatic carbocycles. The first kappa shape index (κ1) is 16.3. The summed E-state index contributed by atoms with van der Waals surface area (Å²) in [6.07, 6.45) is -2.16. The first-order valence-electron chi connectivity index (χ1n) is 6.79. The zero-order valence-electron chi connectivity index (χ0n) is 11.4. The summed E-state index contributed by atoms with van der Waals surface area (Å²) in [5, 5.41) is 0. The lowest BCUT2D eigenvalue weighted by Gasteiger charge is -2.13. The molecule has 1 aliphatic rings. The van der Waals surface area contributed by atoms with Crippen LogP contribution < -0.4 is 9.62 Å². The topological polar surface area (TPSA) is 50.6 Å². The van der Waals surface area contributed by atoms with E-state index in [0.29, 0.717) is 13.1 Å². The number of rotatable bonds is 5. The molecule has 0 spiro atoms. The molecule has 118 valence electrons. The maximum Gasteiger partial charge on any atom is 0.416 e. The summed E-state index contributed by atoms with van der Waals surface area (Å²) in [4.78, 5) is 1.21. The van der Waals surface area contributed by atoms with Gasteiger partial charge >= 0.3 is 6.18 Å². The quantitative estimate of drug-likeness (QED) is 0.836. The molecule has 0 radical (unpaired) electrons. The minimum Gasteiger partial charge on any atom is -0.334 e. The average Bonchev–Trinajstić information content (AvgIpc) is 2.91. The lowest BCUT2D eigenvalue weighted by Crippen LogP contribution is -3.10. The van der Waals surface area contributed by atoms with Crippen molar-refractivity contribution in [2.24, 2.45) is 0 Å². The summed E-state index contributed by atoms with van der Waals surface area (Å²) in [6, 6.07) is 3.52. The molecule has 21 heavy (non-hydrogen) atoms. The zero-order chi connectivity index (χ0) is 15.5. The van der Waals surface area contributed by atoms with E-state index < -0.39 is 21.8 Å². The lowest BCUT2D eigenvalue weighted by atomic mass is 10.2. The standard InChI is InChI=1S/C13H17F3N2O2S/c14-13(15,16)11-3-5-12(6-4-11)21(19,20)17-7-10-18-8-1-2-9-18/h3-6,17H,1-2,7-10H2/p+1. The van der Waals surface area contributed by atoms with E-state index in [1.165, 1.54) is 4.90 Å². The van der Waals surface area contributed by atoms with Gasteiger partial charge in [-0.25, -0.2) is 13.1 Å². The molecule has 1 aromatic carbocycles. The van der Waals surface area contributed by atoms with Gasteiger partial charge in [-0.3, -0.25) is 0 Å². The summed E-state index contributed by atoms with van der Waals surface area (Å²) in [5.74, 6) is 0. The fraction of sp³-hybridized carbons (Fsp3) is 0.538. The van der Waals surface area contributed by atoms with Gasteiger partial charge in [0.2, 0.25) is 10.0 Å². The van der Waals surface area contributed by atoms with E-state index in [4.69, 9.17) is 0 Å². The van der Waals surface area contributed by atoms with Gasteiger partial charge < -0.3 is 4.90 Å². The van der Waals surface area contributed by atoms with Crippen LogP contribution >= 0.6 is 0 Å². The number of hydrogen-bond donors (Lipinski definition) is 2. The highest BCUT2D eigenvalue weighted by Gasteiger charge is 2.30. The van der Waals surface area contributed by atoms with Crippen molar-refractivity contribution in [1.82, 2.24) is 4.72 Å². The van der Waals surface area contributed by atoms with E-state index in [-0.39, 0.29) is 4.90 Å². The van der Waals surface area contributed by atoms with Crippen LogP contribution in [0.15, 0.2) is 29.2 Å². The molecular formula is C13H18F3N2O2S+. The molecule has 0 unspecified atom stereocenters. The van der Waals surface area contributed by atoms with Gasteiger partial charge in [-0.1, -0.05) is 0 Å². The molecule has 2 rings (SSSR count). The molecule has 0 aromatic heterocycles. The second kappa shape index (κ2) is 6.33. The molecule has 1 aromatic rings. The largest absolute Gasteiger partial charge is 0.416 e. The van der Waals surface area contributed by atoms with Crippen molar-refractivity contribution >= 4 is 10.0 Å². The number of sulfonamides is 1. The Hall–Kier alpha value is -1.12. The van der Waals surface area contributed by atoms with E-state index in [1.807, 2.05) is 0 Å². The normalized spacial score (nSPS) is 17.3. The maximum atomic E-state index is 12.4. The van der Waals surface area contributed by atoms with E-state index in [1.54, 1.807) is 0 Å². The summed E-state index contributed by atoms with van der Waals surface area (Å²) in [5.41, 5.74) is -0.858. The Balaban J connectivity index is 1.95. The molecule has 8 heteroatoms. The van der Waals surface area contributed by atoms with Gasteiger partial charge in [-0.15, -0.1) is 0 Å². The summed E-state index contributed by atoms with van der Waals surface area (Å²) in [6.45, 7) is 3.07. The van der Waals surface area contributed by atoms with Gasteiger partial charge in [0.1, 0.15) is 0 Å². The zero-order valence-corrected chi connectivity index (χ0v) is 12.2. The number of hydrogen-bond acceptors (Lipinski definition) is 2. The molecule has 1 heterocycles. The number of quaternary nitrogens is 1. The third kappa shape index (κ3) is 4.42. The fourth-order valence-electron chi connectivity index (χ4n) is 2.39. The van der Waals surface area contributed by atoms with Crippen molar-refractivity contribution in [1.29, 1.82) is 0 Å². The van der Waals surface area contributed by atoms with Crippen molar-refractivity contribution in [2.75, 3.05) is 26.2 Å². The van der Waals surface area contributed by atoms with Gasteiger partial charge in [-0.2, -0.15) is 13.2 Å². The Labute approximate surface area is 122 Å². The van der Waals surface area contributed by atoms with Gasteiger partial charge in [0, 0.05) is 12.8 Å². The van der Waals surface area contributed by atoms with E-state index >= 15 is 0 Å². The van der Waals surface area contributed by atoms with Crippen molar-refractivity contribution in [3.8, 4) is 0 Å². The molecule has 1 saturated heterocycles. The van der Waals surface area contributed by atoms with Crippen LogP contribution in [0.5, 0.6) is 0 Å². The van der Waals surface area contributed by atoms with Crippen molar-refractivity contribution in [3.63, 3.8) is 0 Å².